The molecule has 0 radical (unpaired) electrons. The minimum atomic E-state index is -0.225. The predicted molar refractivity (Wildman–Crippen MR) is 91.6 cm³/mol. The van der Waals surface area contributed by atoms with Crippen molar-refractivity contribution in [1.29, 1.82) is 0 Å². The summed E-state index contributed by atoms with van der Waals surface area (Å²) < 4.78 is 5.94. The average Bonchev–Trinajstić information content (AvgIpc) is 2.91. The summed E-state index contributed by atoms with van der Waals surface area (Å²) in [6, 6.07) is 12.0. The molecule has 0 aliphatic carbocycles. The maximum atomic E-state index is 12.7. The topological polar surface area (TPSA) is 53.7 Å². The summed E-state index contributed by atoms with van der Waals surface area (Å²) in [5, 5.41) is 12.2. The van der Waals surface area contributed by atoms with E-state index in [1.54, 1.807) is 6.08 Å². The Kier molecular flexibility index (Phi) is 4.17. The van der Waals surface area contributed by atoms with Crippen molar-refractivity contribution in [2.45, 2.75) is 6.92 Å². The van der Waals surface area contributed by atoms with Gasteiger partial charge in [0.15, 0.2) is 5.76 Å². The zero-order chi connectivity index (χ0) is 16.4. The number of aryl methyl sites for hydroxylation is 1. The Balaban J connectivity index is 2.14. The van der Waals surface area contributed by atoms with Crippen LogP contribution in [0.1, 0.15) is 16.1 Å². The largest absolute Gasteiger partial charge is 0.450 e. The van der Waals surface area contributed by atoms with Crippen LogP contribution in [0.15, 0.2) is 53.5 Å². The smallest absolute Gasteiger partial charge is 0.290 e. The first-order valence-electron chi connectivity index (χ1n) is 7.59. The van der Waals surface area contributed by atoms with Crippen molar-refractivity contribution in [3.63, 3.8) is 0 Å². The van der Waals surface area contributed by atoms with Crippen LogP contribution in [0.2, 0.25) is 0 Å². The molecule has 0 atom stereocenters. The highest BCUT2D eigenvalue weighted by atomic mass is 16.3. The maximum Gasteiger partial charge on any atom is 0.290 e. The normalized spacial score (nSPS) is 11.0. The van der Waals surface area contributed by atoms with Gasteiger partial charge >= 0.3 is 0 Å². The van der Waals surface area contributed by atoms with E-state index in [-0.39, 0.29) is 19.1 Å². The molecule has 3 aromatic rings. The minimum absolute atomic E-state index is 0.0954. The van der Waals surface area contributed by atoms with E-state index in [2.05, 4.69) is 6.58 Å². The van der Waals surface area contributed by atoms with Crippen molar-refractivity contribution in [2.24, 2.45) is 0 Å². The highest BCUT2D eigenvalue weighted by Gasteiger charge is 2.23. The molecule has 1 aromatic heterocycles. The number of furan rings is 1. The number of aliphatic hydroxyl groups is 1. The Morgan fingerprint density at radius 1 is 1.26 bits per heavy atom. The van der Waals surface area contributed by atoms with Crippen LogP contribution in [0.4, 0.5) is 0 Å². The summed E-state index contributed by atoms with van der Waals surface area (Å²) in [6.45, 7) is 6.07. The zero-order valence-corrected chi connectivity index (χ0v) is 13.1. The van der Waals surface area contributed by atoms with E-state index in [0.29, 0.717) is 12.3 Å². The summed E-state index contributed by atoms with van der Waals surface area (Å²) >= 11 is 0. The van der Waals surface area contributed by atoms with E-state index < -0.39 is 0 Å². The fourth-order valence-corrected chi connectivity index (χ4v) is 2.85. The van der Waals surface area contributed by atoms with E-state index >= 15 is 0 Å². The highest BCUT2D eigenvalue weighted by Crippen LogP contribution is 2.32. The van der Waals surface area contributed by atoms with Gasteiger partial charge in [0.2, 0.25) is 0 Å². The summed E-state index contributed by atoms with van der Waals surface area (Å²) in [7, 11) is 0. The van der Waals surface area contributed by atoms with Crippen molar-refractivity contribution >= 4 is 27.6 Å². The SMILES string of the molecule is C=CCN(CCO)C(=O)c1oc2c(ccc3ccccc32)c1C. The number of fused-ring (bicyclic) bond motifs is 3. The zero-order valence-electron chi connectivity index (χ0n) is 13.1. The fourth-order valence-electron chi connectivity index (χ4n) is 2.85. The number of rotatable bonds is 5. The Hall–Kier alpha value is -2.59. The molecule has 0 aliphatic heterocycles. The van der Waals surface area contributed by atoms with Gasteiger partial charge in [-0.2, -0.15) is 0 Å². The first-order chi connectivity index (χ1) is 11.2. The van der Waals surface area contributed by atoms with Crippen molar-refractivity contribution in [3.05, 3.63) is 60.4 Å². The summed E-state index contributed by atoms with van der Waals surface area (Å²) in [5.41, 5.74) is 1.55. The molecule has 0 bridgehead atoms. The number of carbonyl (C=O) groups excluding carboxylic acids is 1. The van der Waals surface area contributed by atoms with Gasteiger partial charge in [0, 0.05) is 29.4 Å². The van der Waals surface area contributed by atoms with Gasteiger partial charge in [0.1, 0.15) is 5.58 Å². The molecule has 0 unspecified atom stereocenters. The average molecular weight is 309 g/mol. The van der Waals surface area contributed by atoms with Gasteiger partial charge < -0.3 is 14.4 Å². The molecule has 1 heterocycles. The number of nitrogens with zero attached hydrogens (tertiary/aromatic N) is 1. The van der Waals surface area contributed by atoms with Crippen LogP contribution in [-0.4, -0.2) is 35.6 Å². The van der Waals surface area contributed by atoms with E-state index in [0.717, 1.165) is 27.3 Å². The Bertz CT molecular complexity index is 879. The van der Waals surface area contributed by atoms with Crippen molar-refractivity contribution in [2.75, 3.05) is 19.7 Å². The van der Waals surface area contributed by atoms with E-state index in [4.69, 9.17) is 9.52 Å². The number of carbonyl (C=O) groups is 1. The van der Waals surface area contributed by atoms with E-state index in [1.165, 1.54) is 4.90 Å². The first kappa shape index (κ1) is 15.3. The lowest BCUT2D eigenvalue weighted by atomic mass is 10.1. The molecule has 0 fully saturated rings. The molecule has 0 aliphatic rings. The summed E-state index contributed by atoms with van der Waals surface area (Å²) in [6.07, 6.45) is 1.64. The summed E-state index contributed by atoms with van der Waals surface area (Å²) in [4.78, 5) is 14.3. The number of amides is 1. The van der Waals surface area contributed by atoms with Crippen LogP contribution in [0.25, 0.3) is 21.7 Å². The summed E-state index contributed by atoms with van der Waals surface area (Å²) in [5.74, 6) is 0.100. The fraction of sp³-hybridized carbons (Fsp3) is 0.211. The quantitative estimate of drug-likeness (QED) is 0.734. The van der Waals surface area contributed by atoms with E-state index in [9.17, 15) is 4.79 Å². The van der Waals surface area contributed by atoms with Crippen molar-refractivity contribution < 1.29 is 14.3 Å². The lowest BCUT2D eigenvalue weighted by molar-refractivity contribution is 0.0713. The number of hydrogen-bond donors (Lipinski definition) is 1. The Morgan fingerprint density at radius 3 is 2.78 bits per heavy atom. The highest BCUT2D eigenvalue weighted by molar-refractivity contribution is 6.08. The minimum Gasteiger partial charge on any atom is -0.450 e. The second-order valence-corrected chi connectivity index (χ2v) is 5.48. The first-order valence-corrected chi connectivity index (χ1v) is 7.59. The molecular formula is C19H19NO3. The van der Waals surface area contributed by atoms with Crippen LogP contribution >= 0.6 is 0 Å². The van der Waals surface area contributed by atoms with Crippen LogP contribution in [-0.2, 0) is 0 Å². The number of aliphatic hydroxyl groups excluding tert-OH is 1. The number of benzene rings is 2. The Morgan fingerprint density at radius 2 is 2.04 bits per heavy atom. The predicted octanol–water partition coefficient (Wildman–Crippen LogP) is 3.51. The molecule has 4 heteroatoms. The third-order valence-electron chi connectivity index (χ3n) is 4.03. The van der Waals surface area contributed by atoms with Crippen LogP contribution in [0.3, 0.4) is 0 Å². The third kappa shape index (κ3) is 2.62. The van der Waals surface area contributed by atoms with Crippen molar-refractivity contribution in [1.82, 2.24) is 4.90 Å². The van der Waals surface area contributed by atoms with Crippen LogP contribution in [0, 0.1) is 6.92 Å². The van der Waals surface area contributed by atoms with Gasteiger partial charge in [0.25, 0.3) is 5.91 Å². The van der Waals surface area contributed by atoms with Gasteiger partial charge in [-0.25, -0.2) is 0 Å². The molecule has 2 aromatic carbocycles. The molecule has 1 N–H and O–H groups in total. The molecule has 0 spiro atoms. The number of hydrogen-bond acceptors (Lipinski definition) is 3. The molecule has 0 saturated heterocycles. The van der Waals surface area contributed by atoms with Gasteiger partial charge in [-0.05, 0) is 12.3 Å². The maximum absolute atomic E-state index is 12.7. The molecule has 3 rings (SSSR count). The van der Waals surface area contributed by atoms with Gasteiger partial charge in [-0.3, -0.25) is 4.79 Å². The van der Waals surface area contributed by atoms with Gasteiger partial charge in [0.05, 0.1) is 6.61 Å². The van der Waals surface area contributed by atoms with Crippen LogP contribution < -0.4 is 0 Å². The lowest BCUT2D eigenvalue weighted by Crippen LogP contribution is -2.33. The Labute approximate surface area is 134 Å². The molecule has 23 heavy (non-hydrogen) atoms. The van der Waals surface area contributed by atoms with Crippen molar-refractivity contribution in [3.8, 4) is 0 Å². The third-order valence-corrected chi connectivity index (χ3v) is 4.03. The molecular weight excluding hydrogens is 290 g/mol. The van der Waals surface area contributed by atoms with Gasteiger partial charge in [-0.15, -0.1) is 6.58 Å². The molecule has 4 nitrogen and oxygen atoms in total. The van der Waals surface area contributed by atoms with E-state index in [1.807, 2.05) is 43.3 Å². The molecule has 118 valence electrons. The standard InChI is InChI=1S/C19H19NO3/c1-3-10-20(11-12-21)19(22)17-13(2)15-9-8-14-6-4-5-7-16(14)18(15)23-17/h3-9,21H,1,10-12H2,2H3. The van der Waals surface area contributed by atoms with Crippen LogP contribution in [0.5, 0.6) is 0 Å². The molecule has 0 saturated carbocycles. The molecule has 1 amide bonds. The van der Waals surface area contributed by atoms with Gasteiger partial charge in [-0.1, -0.05) is 42.5 Å². The second kappa shape index (κ2) is 6.26. The monoisotopic (exact) mass is 309 g/mol. The second-order valence-electron chi connectivity index (χ2n) is 5.48. The lowest BCUT2D eigenvalue weighted by Gasteiger charge is -2.18.